The second-order valence-electron chi connectivity index (χ2n) is 4.96. The van der Waals surface area contributed by atoms with Gasteiger partial charge in [-0.05, 0) is 6.07 Å². The van der Waals surface area contributed by atoms with E-state index in [2.05, 4.69) is 4.99 Å². The highest BCUT2D eigenvalue weighted by Crippen LogP contribution is 2.27. The van der Waals surface area contributed by atoms with Gasteiger partial charge in [0.1, 0.15) is 0 Å². The summed E-state index contributed by atoms with van der Waals surface area (Å²) in [7, 11) is 1.72. The van der Waals surface area contributed by atoms with E-state index >= 15 is 0 Å². The summed E-state index contributed by atoms with van der Waals surface area (Å²) in [6.45, 7) is -0.298. The first kappa shape index (κ1) is 13.5. The lowest BCUT2D eigenvalue weighted by Crippen LogP contribution is -2.36. The molecule has 0 spiro atoms. The van der Waals surface area contributed by atoms with E-state index in [4.69, 9.17) is 0 Å². The molecule has 1 N–H and O–H groups in total. The zero-order valence-corrected chi connectivity index (χ0v) is 11.7. The van der Waals surface area contributed by atoms with Crippen molar-refractivity contribution in [3.05, 3.63) is 65.7 Å². The minimum absolute atomic E-state index is 0.198. The molecule has 2 aromatic rings. The summed E-state index contributed by atoms with van der Waals surface area (Å²) >= 11 is 0. The number of anilines is 1. The highest BCUT2D eigenvalue weighted by Gasteiger charge is 2.28. The molecule has 1 amide bonds. The standard InChI is InChI=1S/C17H16N2O2/c1-19-15-10-6-5-9-13(15)16(12-7-3-2-4-8-12)18-14(11-20)17(19)21/h2-10,14,20H,11H2,1H3. The normalized spacial score (nSPS) is 18.0. The summed E-state index contributed by atoms with van der Waals surface area (Å²) < 4.78 is 0. The Balaban J connectivity index is 2.24. The molecule has 0 saturated heterocycles. The molecule has 1 heterocycles. The molecule has 1 aliphatic rings. The maximum absolute atomic E-state index is 12.4. The number of likely N-dealkylation sites (N-methyl/N-ethyl adjacent to an activating group) is 1. The van der Waals surface area contributed by atoms with Crippen molar-refractivity contribution < 1.29 is 9.90 Å². The number of aliphatic hydroxyl groups is 1. The fourth-order valence-electron chi connectivity index (χ4n) is 2.53. The monoisotopic (exact) mass is 280 g/mol. The molecule has 0 saturated carbocycles. The largest absolute Gasteiger partial charge is 0.394 e. The second kappa shape index (κ2) is 5.50. The minimum atomic E-state index is -0.766. The second-order valence-corrected chi connectivity index (χ2v) is 4.96. The predicted molar refractivity (Wildman–Crippen MR) is 82.8 cm³/mol. The van der Waals surface area contributed by atoms with Gasteiger partial charge in [0, 0.05) is 18.2 Å². The summed E-state index contributed by atoms with van der Waals surface area (Å²) in [5.41, 5.74) is 3.38. The SMILES string of the molecule is CN1C(=O)C(CO)N=C(c2ccccc2)c2ccccc21. The number of aliphatic imine (C=N–C) groups is 1. The molecule has 106 valence electrons. The molecule has 2 aromatic carbocycles. The molecule has 4 heteroatoms. The topological polar surface area (TPSA) is 52.9 Å². The van der Waals surface area contributed by atoms with E-state index in [1.165, 1.54) is 0 Å². The summed E-state index contributed by atoms with van der Waals surface area (Å²) in [6, 6.07) is 16.6. The van der Waals surface area contributed by atoms with Crippen LogP contribution in [0.15, 0.2) is 59.6 Å². The van der Waals surface area contributed by atoms with Crippen LogP contribution in [0.1, 0.15) is 11.1 Å². The fraction of sp³-hybridized carbons (Fsp3) is 0.176. The Morgan fingerprint density at radius 3 is 2.48 bits per heavy atom. The molecule has 4 nitrogen and oxygen atoms in total. The maximum Gasteiger partial charge on any atom is 0.253 e. The Bertz CT molecular complexity index is 695. The van der Waals surface area contributed by atoms with Gasteiger partial charge in [0.2, 0.25) is 0 Å². The molecule has 21 heavy (non-hydrogen) atoms. The van der Waals surface area contributed by atoms with Gasteiger partial charge < -0.3 is 10.0 Å². The van der Waals surface area contributed by atoms with Crippen LogP contribution in [0.4, 0.5) is 5.69 Å². The van der Waals surface area contributed by atoms with E-state index in [0.29, 0.717) is 0 Å². The summed E-state index contributed by atoms with van der Waals surface area (Å²) in [6.07, 6.45) is 0. The Kier molecular flexibility index (Phi) is 3.54. The molecule has 1 unspecified atom stereocenters. The van der Waals surface area contributed by atoms with Gasteiger partial charge in [-0.3, -0.25) is 9.79 Å². The first-order chi connectivity index (χ1) is 10.2. The third-order valence-electron chi connectivity index (χ3n) is 3.64. The van der Waals surface area contributed by atoms with Gasteiger partial charge >= 0.3 is 0 Å². The molecule has 0 aromatic heterocycles. The van der Waals surface area contributed by atoms with Gasteiger partial charge in [-0.25, -0.2) is 0 Å². The van der Waals surface area contributed by atoms with Crippen molar-refractivity contribution >= 4 is 17.3 Å². The van der Waals surface area contributed by atoms with E-state index in [1.807, 2.05) is 54.6 Å². The number of hydrogen-bond acceptors (Lipinski definition) is 3. The van der Waals surface area contributed by atoms with Crippen molar-refractivity contribution in [1.29, 1.82) is 0 Å². The quantitative estimate of drug-likeness (QED) is 0.913. The lowest BCUT2D eigenvalue weighted by atomic mass is 10.0. The highest BCUT2D eigenvalue weighted by atomic mass is 16.3. The molecule has 0 aliphatic carbocycles. The zero-order valence-electron chi connectivity index (χ0n) is 11.7. The number of carbonyl (C=O) groups is 1. The lowest BCUT2D eigenvalue weighted by Gasteiger charge is -2.19. The number of hydrogen-bond donors (Lipinski definition) is 1. The number of benzene rings is 2. The van der Waals surface area contributed by atoms with Gasteiger partial charge in [0.25, 0.3) is 5.91 Å². The molecule has 1 atom stereocenters. The van der Waals surface area contributed by atoms with Crippen molar-refractivity contribution in [3.63, 3.8) is 0 Å². The lowest BCUT2D eigenvalue weighted by molar-refractivity contribution is -0.120. The number of aliphatic hydroxyl groups excluding tert-OH is 1. The Morgan fingerprint density at radius 2 is 1.76 bits per heavy atom. The summed E-state index contributed by atoms with van der Waals surface area (Å²) in [5, 5.41) is 9.49. The zero-order chi connectivity index (χ0) is 14.8. The summed E-state index contributed by atoms with van der Waals surface area (Å²) in [4.78, 5) is 18.5. The Morgan fingerprint density at radius 1 is 1.10 bits per heavy atom. The van der Waals surface area contributed by atoms with Crippen LogP contribution in [0.3, 0.4) is 0 Å². The number of fused-ring (bicyclic) bond motifs is 1. The van der Waals surface area contributed by atoms with E-state index in [-0.39, 0.29) is 12.5 Å². The third kappa shape index (κ3) is 2.34. The predicted octanol–water partition coefficient (Wildman–Crippen LogP) is 1.86. The van der Waals surface area contributed by atoms with Crippen LogP contribution in [-0.4, -0.2) is 36.4 Å². The van der Waals surface area contributed by atoms with E-state index in [1.54, 1.807) is 11.9 Å². The Hall–Kier alpha value is -2.46. The van der Waals surface area contributed by atoms with Gasteiger partial charge in [-0.15, -0.1) is 0 Å². The van der Waals surface area contributed by atoms with Crippen LogP contribution < -0.4 is 4.90 Å². The number of rotatable bonds is 2. The van der Waals surface area contributed by atoms with Crippen LogP contribution in [0, 0.1) is 0 Å². The molecule has 0 bridgehead atoms. The van der Waals surface area contributed by atoms with Gasteiger partial charge in [-0.1, -0.05) is 48.5 Å². The smallest absolute Gasteiger partial charge is 0.253 e. The average molecular weight is 280 g/mol. The van der Waals surface area contributed by atoms with E-state index < -0.39 is 6.04 Å². The van der Waals surface area contributed by atoms with Crippen molar-refractivity contribution in [3.8, 4) is 0 Å². The molecule has 1 aliphatic heterocycles. The molecular formula is C17H16N2O2. The van der Waals surface area contributed by atoms with Crippen LogP contribution in [0.2, 0.25) is 0 Å². The van der Waals surface area contributed by atoms with Gasteiger partial charge in [-0.2, -0.15) is 0 Å². The van der Waals surface area contributed by atoms with Crippen molar-refractivity contribution in [1.82, 2.24) is 0 Å². The molecule has 0 fully saturated rings. The average Bonchev–Trinajstić information content (AvgIpc) is 2.65. The minimum Gasteiger partial charge on any atom is -0.394 e. The summed E-state index contributed by atoms with van der Waals surface area (Å²) in [5.74, 6) is -0.198. The van der Waals surface area contributed by atoms with Gasteiger partial charge in [0.15, 0.2) is 6.04 Å². The number of para-hydroxylation sites is 1. The number of benzodiazepines with no additional fused rings is 1. The molecule has 0 radical (unpaired) electrons. The van der Waals surface area contributed by atoms with Crippen LogP contribution in [0.5, 0.6) is 0 Å². The van der Waals surface area contributed by atoms with Crippen molar-refractivity contribution in [2.45, 2.75) is 6.04 Å². The molecule has 3 rings (SSSR count). The first-order valence-electron chi connectivity index (χ1n) is 6.83. The first-order valence-corrected chi connectivity index (χ1v) is 6.83. The highest BCUT2D eigenvalue weighted by molar-refractivity contribution is 6.20. The number of nitrogens with zero attached hydrogens (tertiary/aromatic N) is 2. The number of amides is 1. The fourth-order valence-corrected chi connectivity index (χ4v) is 2.53. The van der Waals surface area contributed by atoms with Gasteiger partial charge in [0.05, 0.1) is 18.0 Å². The maximum atomic E-state index is 12.4. The van der Waals surface area contributed by atoms with E-state index in [0.717, 1.165) is 22.5 Å². The Labute approximate surface area is 123 Å². The number of carbonyl (C=O) groups excluding carboxylic acids is 1. The third-order valence-corrected chi connectivity index (χ3v) is 3.64. The molecular weight excluding hydrogens is 264 g/mol. The van der Waals surface area contributed by atoms with Crippen LogP contribution >= 0.6 is 0 Å². The van der Waals surface area contributed by atoms with E-state index in [9.17, 15) is 9.90 Å². The van der Waals surface area contributed by atoms with Crippen LogP contribution in [0.25, 0.3) is 0 Å². The van der Waals surface area contributed by atoms with Crippen molar-refractivity contribution in [2.24, 2.45) is 4.99 Å². The van der Waals surface area contributed by atoms with Crippen LogP contribution in [-0.2, 0) is 4.79 Å². The van der Waals surface area contributed by atoms with Crippen molar-refractivity contribution in [2.75, 3.05) is 18.6 Å².